The van der Waals surface area contributed by atoms with Crippen LogP contribution in [0.25, 0.3) is 0 Å². The number of para-hydroxylation sites is 1. The second-order valence-electron chi connectivity index (χ2n) is 7.59. The van der Waals surface area contributed by atoms with E-state index in [1.807, 2.05) is 56.3 Å². The number of amides is 1. The zero-order chi connectivity index (χ0) is 21.1. The molecular weight excluding hydrogens is 382 g/mol. The van der Waals surface area contributed by atoms with E-state index < -0.39 is 15.3 Å². The molecule has 0 bridgehead atoms. The molecule has 0 fully saturated rings. The number of carbonyl (C=O) groups excluding carboxylic acids is 1. The first kappa shape index (κ1) is 20.8. The number of nitrogens with one attached hydrogen (secondary N) is 1. The van der Waals surface area contributed by atoms with Gasteiger partial charge in [0, 0.05) is 5.69 Å². The normalized spacial score (nSPS) is 13.5. The monoisotopic (exact) mass is 407 g/mol. The van der Waals surface area contributed by atoms with E-state index in [1.54, 1.807) is 43.3 Å². The van der Waals surface area contributed by atoms with Gasteiger partial charge in [0.2, 0.25) is 5.91 Å². The average molecular weight is 408 g/mol. The highest BCUT2D eigenvalue weighted by molar-refractivity contribution is 7.91. The predicted octanol–water partition coefficient (Wildman–Crippen LogP) is 4.67. The molecule has 3 rings (SSSR count). The lowest BCUT2D eigenvalue weighted by Crippen LogP contribution is -2.43. The average Bonchev–Trinajstić information content (AvgIpc) is 2.69. The van der Waals surface area contributed by atoms with Crippen molar-refractivity contribution in [3.8, 4) is 0 Å². The van der Waals surface area contributed by atoms with Crippen molar-refractivity contribution in [3.63, 3.8) is 0 Å². The van der Waals surface area contributed by atoms with Crippen LogP contribution >= 0.6 is 0 Å². The Hall–Kier alpha value is -2.92. The maximum atomic E-state index is 13.3. The molecular formula is C24H25NO3S. The number of carbonyl (C=O) groups is 1. The van der Waals surface area contributed by atoms with Gasteiger partial charge in [0.25, 0.3) is 0 Å². The third kappa shape index (κ3) is 4.74. The third-order valence-corrected chi connectivity index (χ3v) is 7.03. The molecule has 0 saturated carbocycles. The number of rotatable bonds is 6. The zero-order valence-corrected chi connectivity index (χ0v) is 17.7. The molecule has 0 heterocycles. The quantitative estimate of drug-likeness (QED) is 0.646. The van der Waals surface area contributed by atoms with E-state index in [-0.39, 0.29) is 16.6 Å². The van der Waals surface area contributed by atoms with Crippen molar-refractivity contribution in [2.75, 3.05) is 11.1 Å². The molecule has 3 aromatic rings. The summed E-state index contributed by atoms with van der Waals surface area (Å²) in [6, 6.07) is 23.2. The van der Waals surface area contributed by atoms with Gasteiger partial charge < -0.3 is 5.32 Å². The van der Waals surface area contributed by atoms with Crippen LogP contribution in [0.3, 0.4) is 0 Å². The molecule has 0 aliphatic heterocycles. The van der Waals surface area contributed by atoms with Crippen molar-refractivity contribution in [3.05, 3.63) is 95.6 Å². The minimum absolute atomic E-state index is 0.217. The predicted molar refractivity (Wildman–Crippen MR) is 117 cm³/mol. The summed E-state index contributed by atoms with van der Waals surface area (Å²) in [5.41, 5.74) is 2.05. The molecule has 29 heavy (non-hydrogen) atoms. The minimum atomic E-state index is -3.69. The van der Waals surface area contributed by atoms with Crippen LogP contribution in [-0.2, 0) is 20.0 Å². The van der Waals surface area contributed by atoms with Crippen LogP contribution in [0.1, 0.15) is 23.6 Å². The highest BCUT2D eigenvalue weighted by Gasteiger charge is 2.40. The van der Waals surface area contributed by atoms with Crippen molar-refractivity contribution in [1.29, 1.82) is 0 Å². The summed E-state index contributed by atoms with van der Waals surface area (Å²) < 4.78 is 26.4. The second kappa shape index (κ2) is 8.21. The lowest BCUT2D eigenvalue weighted by molar-refractivity contribution is -0.120. The summed E-state index contributed by atoms with van der Waals surface area (Å²) in [4.78, 5) is 13.5. The van der Waals surface area contributed by atoms with E-state index in [0.717, 1.165) is 11.1 Å². The molecule has 4 nitrogen and oxygen atoms in total. The molecule has 0 unspecified atom stereocenters. The molecule has 0 aliphatic rings. The smallest absolute Gasteiger partial charge is 0.235 e. The highest BCUT2D eigenvalue weighted by atomic mass is 32.2. The van der Waals surface area contributed by atoms with Crippen molar-refractivity contribution >= 4 is 21.4 Å². The fourth-order valence-corrected chi connectivity index (χ4v) is 4.98. The van der Waals surface area contributed by atoms with Gasteiger partial charge in [0.15, 0.2) is 9.84 Å². The van der Waals surface area contributed by atoms with Crippen molar-refractivity contribution in [2.24, 2.45) is 0 Å². The van der Waals surface area contributed by atoms with Crippen molar-refractivity contribution in [1.82, 2.24) is 0 Å². The number of hydrogen-bond acceptors (Lipinski definition) is 3. The number of hydrogen-bond donors (Lipinski definition) is 1. The van der Waals surface area contributed by atoms with Crippen LogP contribution in [0.15, 0.2) is 83.8 Å². The van der Waals surface area contributed by atoms with Gasteiger partial charge in [-0.25, -0.2) is 8.42 Å². The number of sulfone groups is 1. The minimum Gasteiger partial charge on any atom is -0.325 e. The van der Waals surface area contributed by atoms with E-state index in [0.29, 0.717) is 11.3 Å². The first-order valence-corrected chi connectivity index (χ1v) is 11.1. The second-order valence-corrected chi connectivity index (χ2v) is 9.58. The van der Waals surface area contributed by atoms with Gasteiger partial charge in [-0.05, 0) is 50.6 Å². The Morgan fingerprint density at radius 3 is 1.90 bits per heavy atom. The first-order chi connectivity index (χ1) is 13.7. The fourth-order valence-electron chi connectivity index (χ4n) is 3.20. The molecule has 1 N–H and O–H groups in total. The van der Waals surface area contributed by atoms with Crippen LogP contribution in [0, 0.1) is 13.8 Å². The Morgan fingerprint density at radius 1 is 0.828 bits per heavy atom. The Bertz CT molecular complexity index is 1090. The van der Waals surface area contributed by atoms with Gasteiger partial charge in [-0.15, -0.1) is 0 Å². The van der Waals surface area contributed by atoms with Crippen LogP contribution in [0.5, 0.6) is 0 Å². The summed E-state index contributed by atoms with van der Waals surface area (Å²) in [7, 11) is -3.69. The maximum Gasteiger partial charge on any atom is 0.235 e. The fraction of sp³-hybridized carbons (Fsp3) is 0.208. The van der Waals surface area contributed by atoms with Gasteiger partial charge in [-0.3, -0.25) is 4.79 Å². The van der Waals surface area contributed by atoms with Crippen LogP contribution in [-0.4, -0.2) is 20.1 Å². The largest absolute Gasteiger partial charge is 0.325 e. The number of anilines is 1. The van der Waals surface area contributed by atoms with Crippen LogP contribution in [0.2, 0.25) is 0 Å². The molecule has 150 valence electrons. The van der Waals surface area contributed by atoms with E-state index in [9.17, 15) is 13.2 Å². The molecule has 5 heteroatoms. The number of aryl methyl sites for hydroxylation is 2. The summed E-state index contributed by atoms with van der Waals surface area (Å²) >= 11 is 0. The lowest BCUT2D eigenvalue weighted by atomic mass is 9.83. The third-order valence-electron chi connectivity index (χ3n) is 5.08. The molecule has 0 aliphatic carbocycles. The molecule has 1 atom stereocenters. The van der Waals surface area contributed by atoms with Gasteiger partial charge in [0.1, 0.15) is 0 Å². The van der Waals surface area contributed by atoms with Gasteiger partial charge in [-0.2, -0.15) is 0 Å². The molecule has 0 saturated heterocycles. The Kier molecular flexibility index (Phi) is 5.89. The molecule has 0 spiro atoms. The van der Waals surface area contributed by atoms with E-state index in [2.05, 4.69) is 5.32 Å². The maximum absolute atomic E-state index is 13.3. The van der Waals surface area contributed by atoms with Gasteiger partial charge in [0.05, 0.1) is 16.1 Å². The SMILES string of the molecule is Cc1ccc([C@](C)(CS(=O)(=O)c2ccc(C)cc2)C(=O)Nc2ccccc2)cc1. The Morgan fingerprint density at radius 2 is 1.34 bits per heavy atom. The summed E-state index contributed by atoms with van der Waals surface area (Å²) in [5.74, 6) is -0.687. The van der Waals surface area contributed by atoms with Gasteiger partial charge >= 0.3 is 0 Å². The highest BCUT2D eigenvalue weighted by Crippen LogP contribution is 2.30. The van der Waals surface area contributed by atoms with Crippen LogP contribution < -0.4 is 5.32 Å². The Balaban J connectivity index is 2.01. The summed E-state index contributed by atoms with van der Waals surface area (Å²) in [6.07, 6.45) is 0. The van der Waals surface area contributed by atoms with Gasteiger partial charge in [-0.1, -0.05) is 65.7 Å². The lowest BCUT2D eigenvalue weighted by Gasteiger charge is -2.29. The standard InChI is InChI=1S/C24H25NO3S/c1-18-9-13-20(14-10-18)24(3,23(26)25-21-7-5-4-6-8-21)17-29(27,28)22-15-11-19(2)12-16-22/h4-16H,17H2,1-3H3,(H,25,26)/t24-/m0/s1. The molecule has 3 aromatic carbocycles. The van der Waals surface area contributed by atoms with Crippen molar-refractivity contribution < 1.29 is 13.2 Å². The number of benzene rings is 3. The molecule has 1 amide bonds. The van der Waals surface area contributed by atoms with E-state index in [4.69, 9.17) is 0 Å². The Labute approximate surface area is 172 Å². The van der Waals surface area contributed by atoms with E-state index >= 15 is 0 Å². The topological polar surface area (TPSA) is 63.2 Å². The van der Waals surface area contributed by atoms with Crippen LogP contribution in [0.4, 0.5) is 5.69 Å². The molecule has 0 radical (unpaired) electrons. The zero-order valence-electron chi connectivity index (χ0n) is 16.8. The van der Waals surface area contributed by atoms with E-state index in [1.165, 1.54) is 0 Å². The summed E-state index contributed by atoms with van der Waals surface area (Å²) in [5, 5.41) is 2.88. The summed E-state index contributed by atoms with van der Waals surface area (Å²) in [6.45, 7) is 5.54. The van der Waals surface area contributed by atoms with Crippen molar-refractivity contribution in [2.45, 2.75) is 31.1 Å². The molecule has 0 aromatic heterocycles. The first-order valence-electron chi connectivity index (χ1n) is 9.44.